The van der Waals surface area contributed by atoms with Gasteiger partial charge in [0.05, 0.1) is 6.10 Å². The molecule has 3 unspecified atom stereocenters. The van der Waals surface area contributed by atoms with Crippen LogP contribution in [0.4, 0.5) is 0 Å². The summed E-state index contributed by atoms with van der Waals surface area (Å²) in [7, 11) is 0. The van der Waals surface area contributed by atoms with Crippen LogP contribution < -0.4 is 0 Å². The number of aliphatic hydroxyl groups excluding tert-OH is 1. The number of hydrogen-bond acceptors (Lipinski definition) is 2. The Morgan fingerprint density at radius 1 is 1.00 bits per heavy atom. The predicted octanol–water partition coefficient (Wildman–Crippen LogP) is 5.09. The zero-order valence-electron chi connectivity index (χ0n) is 13.9. The molecule has 2 heteroatoms. The molecule has 0 bridgehead atoms. The summed E-state index contributed by atoms with van der Waals surface area (Å²) in [5.74, 6) is 1.57. The molecule has 0 spiro atoms. The molecular formula is C19H35O2. The van der Waals surface area contributed by atoms with Crippen LogP contribution in [-0.2, 0) is 4.79 Å². The van der Waals surface area contributed by atoms with Crippen molar-refractivity contribution in [2.75, 3.05) is 0 Å². The van der Waals surface area contributed by atoms with Crippen LogP contribution in [0.15, 0.2) is 0 Å². The average molecular weight is 295 g/mol. The van der Waals surface area contributed by atoms with E-state index >= 15 is 0 Å². The van der Waals surface area contributed by atoms with Crippen molar-refractivity contribution in [3.63, 3.8) is 0 Å². The molecule has 0 amide bonds. The second-order valence-electron chi connectivity index (χ2n) is 6.81. The standard InChI is InChI=1S/C19H35O2/c1-2-3-4-5-6-7-8-9-10-12-17-15-18(17)16-19(21)13-11-14-20/h13-14,17-19,21H,2-12,15-16H2,1H3. The molecule has 0 aliphatic heterocycles. The van der Waals surface area contributed by atoms with Gasteiger partial charge in [0.15, 0.2) is 0 Å². The van der Waals surface area contributed by atoms with E-state index in [9.17, 15) is 9.90 Å². The zero-order chi connectivity index (χ0) is 15.3. The largest absolute Gasteiger partial charge is 0.393 e. The highest BCUT2D eigenvalue weighted by Gasteiger charge is 2.37. The van der Waals surface area contributed by atoms with Crippen molar-refractivity contribution >= 4 is 6.29 Å². The van der Waals surface area contributed by atoms with Crippen LogP contribution in [0, 0.1) is 18.3 Å². The maximum Gasteiger partial charge on any atom is 0.120 e. The van der Waals surface area contributed by atoms with E-state index in [-0.39, 0.29) is 6.10 Å². The molecule has 0 heterocycles. The molecule has 21 heavy (non-hydrogen) atoms. The number of rotatable bonds is 15. The Balaban J connectivity index is 1.82. The van der Waals surface area contributed by atoms with Gasteiger partial charge in [0.2, 0.25) is 0 Å². The molecule has 0 aromatic carbocycles. The van der Waals surface area contributed by atoms with Crippen molar-refractivity contribution in [2.45, 2.75) is 96.5 Å². The lowest BCUT2D eigenvalue weighted by Gasteiger charge is -2.07. The lowest BCUT2D eigenvalue weighted by Crippen LogP contribution is -2.09. The second kappa shape index (κ2) is 12.2. The molecule has 2 nitrogen and oxygen atoms in total. The van der Waals surface area contributed by atoms with Crippen LogP contribution in [0.1, 0.15) is 90.4 Å². The molecule has 0 aromatic rings. The van der Waals surface area contributed by atoms with Gasteiger partial charge in [-0.2, -0.15) is 0 Å². The highest BCUT2D eigenvalue weighted by molar-refractivity contribution is 5.51. The molecular weight excluding hydrogens is 260 g/mol. The van der Waals surface area contributed by atoms with Crippen molar-refractivity contribution in [1.29, 1.82) is 0 Å². The fraction of sp³-hybridized carbons (Fsp3) is 0.895. The van der Waals surface area contributed by atoms with E-state index in [2.05, 4.69) is 6.92 Å². The van der Waals surface area contributed by atoms with Gasteiger partial charge >= 0.3 is 0 Å². The monoisotopic (exact) mass is 295 g/mol. The van der Waals surface area contributed by atoms with Gasteiger partial charge in [0, 0.05) is 6.42 Å². The highest BCUT2D eigenvalue weighted by atomic mass is 16.3. The van der Waals surface area contributed by atoms with Gasteiger partial charge < -0.3 is 9.90 Å². The Morgan fingerprint density at radius 3 is 2.24 bits per heavy atom. The minimum absolute atomic E-state index is 0.367. The maximum absolute atomic E-state index is 10.2. The third-order valence-corrected chi connectivity index (χ3v) is 4.80. The minimum Gasteiger partial charge on any atom is -0.393 e. The Kier molecular flexibility index (Phi) is 10.9. The topological polar surface area (TPSA) is 37.3 Å². The number of aldehydes is 1. The first-order valence-electron chi connectivity index (χ1n) is 9.23. The molecule has 1 radical (unpaired) electrons. The Hall–Kier alpha value is -0.370. The van der Waals surface area contributed by atoms with Crippen molar-refractivity contribution in [3.05, 3.63) is 6.42 Å². The lowest BCUT2D eigenvalue weighted by atomic mass is 10.0. The van der Waals surface area contributed by atoms with E-state index in [0.29, 0.717) is 6.42 Å². The van der Waals surface area contributed by atoms with Crippen LogP contribution in [0.5, 0.6) is 0 Å². The van der Waals surface area contributed by atoms with Crippen molar-refractivity contribution in [1.82, 2.24) is 0 Å². The summed E-state index contributed by atoms with van der Waals surface area (Å²) < 4.78 is 0. The van der Waals surface area contributed by atoms with Crippen LogP contribution in [0.3, 0.4) is 0 Å². The third-order valence-electron chi connectivity index (χ3n) is 4.80. The minimum atomic E-state index is -0.367. The summed E-state index contributed by atoms with van der Waals surface area (Å²) in [6.45, 7) is 2.27. The Bertz CT molecular complexity index is 252. The van der Waals surface area contributed by atoms with Crippen LogP contribution in [0.2, 0.25) is 0 Å². The number of hydrogen-bond donors (Lipinski definition) is 1. The van der Waals surface area contributed by atoms with E-state index in [1.54, 1.807) is 6.42 Å². The van der Waals surface area contributed by atoms with E-state index in [1.165, 1.54) is 70.6 Å². The summed E-state index contributed by atoms with van der Waals surface area (Å²) in [6.07, 6.45) is 18.7. The van der Waals surface area contributed by atoms with E-state index in [0.717, 1.165) is 24.5 Å². The lowest BCUT2D eigenvalue weighted by molar-refractivity contribution is -0.107. The molecule has 3 atom stereocenters. The van der Waals surface area contributed by atoms with E-state index in [1.807, 2.05) is 0 Å². The molecule has 0 saturated heterocycles. The summed E-state index contributed by atoms with van der Waals surface area (Å²) >= 11 is 0. The van der Waals surface area contributed by atoms with E-state index in [4.69, 9.17) is 0 Å². The summed E-state index contributed by atoms with van der Waals surface area (Å²) in [5, 5.41) is 9.72. The van der Waals surface area contributed by atoms with Crippen molar-refractivity contribution in [3.8, 4) is 0 Å². The van der Waals surface area contributed by atoms with Gasteiger partial charge in [0.25, 0.3) is 0 Å². The molecule has 1 saturated carbocycles. The number of unbranched alkanes of at least 4 members (excludes halogenated alkanes) is 8. The second-order valence-corrected chi connectivity index (χ2v) is 6.81. The first kappa shape index (κ1) is 18.7. The molecule has 1 fully saturated rings. The zero-order valence-corrected chi connectivity index (χ0v) is 13.9. The molecule has 1 rings (SSSR count). The van der Waals surface area contributed by atoms with Crippen LogP contribution >= 0.6 is 0 Å². The van der Waals surface area contributed by atoms with Crippen molar-refractivity contribution < 1.29 is 9.90 Å². The van der Waals surface area contributed by atoms with Gasteiger partial charge in [-0.1, -0.05) is 71.1 Å². The molecule has 0 aromatic heterocycles. The smallest absolute Gasteiger partial charge is 0.120 e. The Labute approximate surface area is 131 Å². The van der Waals surface area contributed by atoms with Gasteiger partial charge in [0.1, 0.15) is 6.29 Å². The van der Waals surface area contributed by atoms with Gasteiger partial charge in [-0.05, 0) is 31.1 Å². The van der Waals surface area contributed by atoms with Crippen molar-refractivity contribution in [2.24, 2.45) is 11.8 Å². The average Bonchev–Trinajstić information content (AvgIpc) is 3.21. The fourth-order valence-electron chi connectivity index (χ4n) is 3.29. The van der Waals surface area contributed by atoms with Gasteiger partial charge in [-0.15, -0.1) is 0 Å². The number of carbonyl (C=O) groups excluding carboxylic acids is 1. The highest BCUT2D eigenvalue weighted by Crippen LogP contribution is 2.45. The Morgan fingerprint density at radius 2 is 1.62 bits per heavy atom. The number of aliphatic hydroxyl groups is 1. The summed E-state index contributed by atoms with van der Waals surface area (Å²) in [6, 6.07) is 0. The van der Waals surface area contributed by atoms with Crippen LogP contribution in [-0.4, -0.2) is 17.5 Å². The van der Waals surface area contributed by atoms with Crippen LogP contribution in [0.25, 0.3) is 0 Å². The predicted molar refractivity (Wildman–Crippen MR) is 89.0 cm³/mol. The molecule has 123 valence electrons. The summed E-state index contributed by atoms with van der Waals surface area (Å²) in [5.41, 5.74) is 0. The molecule has 1 aliphatic rings. The molecule has 1 aliphatic carbocycles. The summed E-state index contributed by atoms with van der Waals surface area (Å²) in [4.78, 5) is 10.2. The first-order chi connectivity index (χ1) is 10.3. The van der Waals surface area contributed by atoms with Gasteiger partial charge in [-0.25, -0.2) is 0 Å². The van der Waals surface area contributed by atoms with E-state index < -0.39 is 0 Å². The maximum atomic E-state index is 10.2. The first-order valence-corrected chi connectivity index (χ1v) is 9.23. The normalized spacial score (nSPS) is 22.2. The SMILES string of the molecule is CCCCCCCCCCCC1CC1CC(O)[CH]CC=O. The third kappa shape index (κ3) is 10.1. The quantitative estimate of drug-likeness (QED) is 0.337. The molecule has 1 N–H and O–H groups in total. The van der Waals surface area contributed by atoms with Gasteiger partial charge in [-0.3, -0.25) is 0 Å². The fourth-order valence-corrected chi connectivity index (χ4v) is 3.29. The number of carbonyl (C=O) groups is 1.